The highest BCUT2D eigenvalue weighted by Gasteiger charge is 2.26. The van der Waals surface area contributed by atoms with Crippen LogP contribution in [0.1, 0.15) is 10.4 Å². The fourth-order valence-electron chi connectivity index (χ4n) is 1.64. The highest BCUT2D eigenvalue weighted by atomic mass is 35.5. The molecule has 0 heterocycles. The monoisotopic (exact) mass is 311 g/mol. The van der Waals surface area contributed by atoms with Crippen LogP contribution in [0.2, 0.25) is 5.02 Å². The van der Waals surface area contributed by atoms with Gasteiger partial charge in [0.2, 0.25) is 5.75 Å². The number of carbonyl (C=O) groups is 1. The molecule has 0 aliphatic heterocycles. The summed E-state index contributed by atoms with van der Waals surface area (Å²) < 4.78 is 18.2. The van der Waals surface area contributed by atoms with Crippen LogP contribution in [0.25, 0.3) is 0 Å². The molecule has 0 bridgehead atoms. The van der Waals surface area contributed by atoms with Gasteiger partial charge >= 0.3 is 11.7 Å². The molecule has 0 atom stereocenters. The summed E-state index contributed by atoms with van der Waals surface area (Å²) >= 11 is 5.76. The molecular weight excluding hydrogens is 305 g/mol. The summed E-state index contributed by atoms with van der Waals surface area (Å²) in [6, 6.07) is 6.83. The van der Waals surface area contributed by atoms with Crippen LogP contribution in [0.3, 0.4) is 0 Å². The van der Waals surface area contributed by atoms with Crippen molar-refractivity contribution < 1.29 is 24.0 Å². The first-order valence-corrected chi connectivity index (χ1v) is 5.91. The third-order valence-electron chi connectivity index (χ3n) is 2.53. The molecule has 0 saturated heterocycles. The minimum absolute atomic E-state index is 0.0243. The molecule has 0 aromatic heterocycles. The normalized spacial score (nSPS) is 10.2. The Morgan fingerprint density at radius 2 is 2.00 bits per heavy atom. The molecule has 2 aromatic carbocycles. The average Bonchev–Trinajstić information content (AvgIpc) is 2.41. The molecule has 21 heavy (non-hydrogen) atoms. The number of para-hydroxylation sites is 1. The largest absolute Gasteiger partial charge is 0.477 e. The predicted octanol–water partition coefficient (Wildman–Crippen LogP) is 3.88. The second-order valence-electron chi connectivity index (χ2n) is 3.89. The van der Waals surface area contributed by atoms with Gasteiger partial charge in [-0.2, -0.15) is 0 Å². The Morgan fingerprint density at radius 1 is 1.29 bits per heavy atom. The van der Waals surface area contributed by atoms with Gasteiger partial charge in [-0.05, 0) is 30.3 Å². The van der Waals surface area contributed by atoms with Crippen molar-refractivity contribution in [2.75, 3.05) is 0 Å². The van der Waals surface area contributed by atoms with Gasteiger partial charge < -0.3 is 9.84 Å². The number of nitro groups is 1. The van der Waals surface area contributed by atoms with E-state index in [1.165, 1.54) is 18.2 Å². The minimum Gasteiger partial charge on any atom is -0.477 e. The number of hydrogen-bond acceptors (Lipinski definition) is 4. The van der Waals surface area contributed by atoms with E-state index in [0.717, 1.165) is 18.2 Å². The molecule has 6 nitrogen and oxygen atoms in total. The number of ether oxygens (including phenoxy) is 1. The number of nitrogens with zero attached hydrogens (tertiary/aromatic N) is 1. The fourth-order valence-corrected chi connectivity index (χ4v) is 1.85. The number of benzene rings is 2. The molecule has 0 aliphatic carbocycles. The Bertz CT molecular complexity index is 734. The maximum absolute atomic E-state index is 12.9. The average molecular weight is 312 g/mol. The van der Waals surface area contributed by atoms with Gasteiger partial charge in [0.05, 0.1) is 9.95 Å². The van der Waals surface area contributed by atoms with Crippen LogP contribution in [0.5, 0.6) is 11.5 Å². The molecule has 2 rings (SSSR count). The smallest absolute Gasteiger partial charge is 0.342 e. The summed E-state index contributed by atoms with van der Waals surface area (Å²) in [5.41, 5.74) is -1.22. The van der Waals surface area contributed by atoms with Gasteiger partial charge in [-0.25, -0.2) is 9.18 Å². The van der Waals surface area contributed by atoms with E-state index in [4.69, 9.17) is 21.4 Å². The highest BCUT2D eigenvalue weighted by molar-refractivity contribution is 6.32. The van der Waals surface area contributed by atoms with Crippen molar-refractivity contribution in [1.29, 1.82) is 0 Å². The van der Waals surface area contributed by atoms with Crippen LogP contribution < -0.4 is 4.74 Å². The Balaban J connectivity index is 2.51. The van der Waals surface area contributed by atoms with Gasteiger partial charge in [-0.3, -0.25) is 10.1 Å². The number of nitro benzene ring substituents is 1. The standard InChI is InChI=1S/C13H7ClFNO5/c14-9-6-7(15)4-5-10(9)21-11-3-1-2-8(13(17)18)12(11)16(19)20/h1-6H,(H,17,18). The second kappa shape index (κ2) is 5.76. The van der Waals surface area contributed by atoms with E-state index in [1.54, 1.807) is 0 Å². The summed E-state index contributed by atoms with van der Waals surface area (Å²) in [7, 11) is 0. The Kier molecular flexibility index (Phi) is 4.04. The van der Waals surface area contributed by atoms with Gasteiger partial charge in [0.25, 0.3) is 0 Å². The van der Waals surface area contributed by atoms with Crippen molar-refractivity contribution in [3.05, 3.63) is 62.9 Å². The molecule has 0 unspecified atom stereocenters. The number of carboxylic acid groups (broad SMARTS) is 1. The molecular formula is C13H7ClFNO5. The zero-order valence-corrected chi connectivity index (χ0v) is 11.0. The van der Waals surface area contributed by atoms with Crippen LogP contribution >= 0.6 is 11.6 Å². The molecule has 0 saturated carbocycles. The highest BCUT2D eigenvalue weighted by Crippen LogP contribution is 2.37. The molecule has 1 N–H and O–H groups in total. The van der Waals surface area contributed by atoms with Crippen LogP contribution in [-0.2, 0) is 0 Å². The lowest BCUT2D eigenvalue weighted by Gasteiger charge is -2.09. The lowest BCUT2D eigenvalue weighted by Crippen LogP contribution is -2.04. The first kappa shape index (κ1) is 14.7. The Labute approximate surface area is 122 Å². The number of aromatic carboxylic acids is 1. The first-order valence-electron chi connectivity index (χ1n) is 5.53. The van der Waals surface area contributed by atoms with Crippen molar-refractivity contribution in [3.8, 4) is 11.5 Å². The summed E-state index contributed by atoms with van der Waals surface area (Å²) in [5, 5.41) is 19.9. The van der Waals surface area contributed by atoms with Crippen LogP contribution in [-0.4, -0.2) is 16.0 Å². The molecule has 108 valence electrons. The van der Waals surface area contributed by atoms with Gasteiger partial charge in [0.1, 0.15) is 17.1 Å². The number of halogens is 2. The fraction of sp³-hybridized carbons (Fsp3) is 0. The number of carboxylic acids is 1. The topological polar surface area (TPSA) is 89.7 Å². The Morgan fingerprint density at radius 3 is 2.57 bits per heavy atom. The quantitative estimate of drug-likeness (QED) is 0.683. The van der Waals surface area contributed by atoms with E-state index >= 15 is 0 Å². The summed E-state index contributed by atoms with van der Waals surface area (Å²) in [6.45, 7) is 0. The number of hydrogen-bond donors (Lipinski definition) is 1. The van der Waals surface area contributed by atoms with Crippen molar-refractivity contribution in [2.45, 2.75) is 0 Å². The number of rotatable bonds is 4. The summed E-state index contributed by atoms with van der Waals surface area (Å²) in [4.78, 5) is 21.2. The van der Waals surface area contributed by atoms with Crippen molar-refractivity contribution >= 4 is 23.3 Å². The maximum atomic E-state index is 12.9. The van der Waals surface area contributed by atoms with Gasteiger partial charge in [0.15, 0.2) is 0 Å². The van der Waals surface area contributed by atoms with E-state index in [1.807, 2.05) is 0 Å². The summed E-state index contributed by atoms with van der Waals surface area (Å²) in [5.74, 6) is -2.38. The van der Waals surface area contributed by atoms with E-state index in [-0.39, 0.29) is 16.5 Å². The second-order valence-corrected chi connectivity index (χ2v) is 4.30. The first-order chi connectivity index (χ1) is 9.90. The molecule has 0 fully saturated rings. The van der Waals surface area contributed by atoms with Crippen LogP contribution in [0, 0.1) is 15.9 Å². The van der Waals surface area contributed by atoms with Crippen molar-refractivity contribution in [1.82, 2.24) is 0 Å². The molecule has 0 amide bonds. The van der Waals surface area contributed by atoms with Gasteiger partial charge in [-0.15, -0.1) is 0 Å². The van der Waals surface area contributed by atoms with Crippen molar-refractivity contribution in [3.63, 3.8) is 0 Å². The Hall–Kier alpha value is -2.67. The zero-order chi connectivity index (χ0) is 15.6. The minimum atomic E-state index is -1.46. The van der Waals surface area contributed by atoms with E-state index < -0.39 is 28.0 Å². The predicted molar refractivity (Wildman–Crippen MR) is 71.5 cm³/mol. The van der Waals surface area contributed by atoms with Crippen LogP contribution in [0.15, 0.2) is 36.4 Å². The van der Waals surface area contributed by atoms with Gasteiger partial charge in [0, 0.05) is 0 Å². The van der Waals surface area contributed by atoms with Crippen LogP contribution in [0.4, 0.5) is 10.1 Å². The van der Waals surface area contributed by atoms with Gasteiger partial charge in [-0.1, -0.05) is 17.7 Å². The van der Waals surface area contributed by atoms with E-state index in [2.05, 4.69) is 0 Å². The SMILES string of the molecule is O=C(O)c1cccc(Oc2ccc(F)cc2Cl)c1[N+](=O)[O-]. The maximum Gasteiger partial charge on any atom is 0.342 e. The molecule has 0 spiro atoms. The van der Waals surface area contributed by atoms with E-state index in [0.29, 0.717) is 0 Å². The van der Waals surface area contributed by atoms with Crippen molar-refractivity contribution in [2.24, 2.45) is 0 Å². The summed E-state index contributed by atoms with van der Waals surface area (Å²) in [6.07, 6.45) is 0. The third-order valence-corrected chi connectivity index (χ3v) is 2.82. The molecule has 0 aliphatic rings. The lowest BCUT2D eigenvalue weighted by molar-refractivity contribution is -0.386. The lowest BCUT2D eigenvalue weighted by atomic mass is 10.1. The van der Waals surface area contributed by atoms with E-state index in [9.17, 15) is 19.3 Å². The molecule has 8 heteroatoms. The zero-order valence-electron chi connectivity index (χ0n) is 10.2. The molecule has 2 aromatic rings. The molecule has 0 radical (unpaired) electrons. The third kappa shape index (κ3) is 3.09.